The van der Waals surface area contributed by atoms with Gasteiger partial charge in [-0.15, -0.1) is 10.2 Å². The van der Waals surface area contributed by atoms with Gasteiger partial charge in [0.05, 0.1) is 0 Å². The largest absolute Gasteiger partial charge is 0.473 e. The van der Waals surface area contributed by atoms with Crippen molar-refractivity contribution in [1.82, 2.24) is 10.2 Å². The minimum absolute atomic E-state index is 0.357. The molecule has 4 heteroatoms. The van der Waals surface area contributed by atoms with Gasteiger partial charge in [-0.25, -0.2) is 0 Å². The molecule has 1 aliphatic carbocycles. The first kappa shape index (κ1) is 8.94. The van der Waals surface area contributed by atoms with Crippen LogP contribution in [-0.4, -0.2) is 16.3 Å². The molecule has 0 aliphatic heterocycles. The van der Waals surface area contributed by atoms with E-state index in [0.717, 1.165) is 17.4 Å². The fourth-order valence-electron chi connectivity index (χ4n) is 1.54. The van der Waals surface area contributed by atoms with E-state index >= 15 is 0 Å². The minimum atomic E-state index is 0.357. The highest BCUT2D eigenvalue weighted by molar-refractivity contribution is 9.10. The summed E-state index contributed by atoms with van der Waals surface area (Å²) >= 11 is 3.23. The van der Waals surface area contributed by atoms with Crippen molar-refractivity contribution in [2.45, 2.75) is 31.8 Å². The summed E-state index contributed by atoms with van der Waals surface area (Å²) in [6.45, 7) is 0. The van der Waals surface area contributed by atoms with Crippen molar-refractivity contribution in [3.63, 3.8) is 0 Å². The average Bonchev–Trinajstić information content (AvgIpc) is 2.62. The zero-order chi connectivity index (χ0) is 9.10. The molecule has 2 rings (SSSR count). The van der Waals surface area contributed by atoms with Crippen molar-refractivity contribution < 1.29 is 4.74 Å². The van der Waals surface area contributed by atoms with Crippen LogP contribution in [-0.2, 0) is 0 Å². The van der Waals surface area contributed by atoms with Crippen LogP contribution in [0.5, 0.6) is 5.88 Å². The molecule has 1 aromatic rings. The second-order valence-corrected chi connectivity index (χ2v) is 4.03. The lowest BCUT2D eigenvalue weighted by Gasteiger charge is -2.10. The predicted molar refractivity (Wildman–Crippen MR) is 52.6 cm³/mol. The second kappa shape index (κ2) is 4.05. The molecule has 1 aromatic heterocycles. The van der Waals surface area contributed by atoms with Crippen LogP contribution in [0.4, 0.5) is 0 Å². The summed E-state index contributed by atoms with van der Waals surface area (Å²) in [5, 5.41) is 7.79. The quantitative estimate of drug-likeness (QED) is 0.800. The fraction of sp³-hybridized carbons (Fsp3) is 0.556. The third kappa shape index (κ3) is 2.40. The highest BCUT2D eigenvalue weighted by atomic mass is 79.9. The van der Waals surface area contributed by atoms with Gasteiger partial charge in [0, 0.05) is 6.07 Å². The van der Waals surface area contributed by atoms with Crippen molar-refractivity contribution in [1.29, 1.82) is 0 Å². The van der Waals surface area contributed by atoms with Crippen LogP contribution in [0, 0.1) is 0 Å². The van der Waals surface area contributed by atoms with E-state index in [0.29, 0.717) is 12.0 Å². The number of hydrogen-bond donors (Lipinski definition) is 0. The fourth-order valence-corrected chi connectivity index (χ4v) is 1.76. The lowest BCUT2D eigenvalue weighted by Crippen LogP contribution is -2.11. The van der Waals surface area contributed by atoms with Gasteiger partial charge in [0.25, 0.3) is 0 Å². The Hall–Kier alpha value is -0.640. The van der Waals surface area contributed by atoms with Gasteiger partial charge in [0.15, 0.2) is 0 Å². The number of nitrogens with zero attached hydrogens (tertiary/aromatic N) is 2. The predicted octanol–water partition coefficient (Wildman–Crippen LogP) is 2.56. The van der Waals surface area contributed by atoms with Gasteiger partial charge < -0.3 is 4.74 Å². The van der Waals surface area contributed by atoms with Gasteiger partial charge >= 0.3 is 0 Å². The van der Waals surface area contributed by atoms with Crippen LogP contribution >= 0.6 is 15.9 Å². The molecule has 1 heterocycles. The molecular weight excluding hydrogens is 232 g/mol. The number of hydrogen-bond acceptors (Lipinski definition) is 3. The number of rotatable bonds is 2. The maximum Gasteiger partial charge on any atom is 0.233 e. The van der Waals surface area contributed by atoms with Gasteiger partial charge in [-0.3, -0.25) is 0 Å². The molecule has 0 radical (unpaired) electrons. The van der Waals surface area contributed by atoms with Gasteiger partial charge in [-0.05, 0) is 47.7 Å². The van der Waals surface area contributed by atoms with Crippen LogP contribution in [0.3, 0.4) is 0 Å². The van der Waals surface area contributed by atoms with Crippen molar-refractivity contribution in [3.05, 3.63) is 16.7 Å². The molecule has 0 bridgehead atoms. The van der Waals surface area contributed by atoms with E-state index in [-0.39, 0.29) is 0 Å². The Bertz CT molecular complexity index is 269. The molecular formula is C9H11BrN2O. The summed E-state index contributed by atoms with van der Waals surface area (Å²) in [5.74, 6) is 0.634. The summed E-state index contributed by atoms with van der Waals surface area (Å²) < 4.78 is 6.38. The highest BCUT2D eigenvalue weighted by Crippen LogP contribution is 2.22. The van der Waals surface area contributed by atoms with Gasteiger partial charge in [0.2, 0.25) is 5.88 Å². The first-order valence-corrected chi connectivity index (χ1v) is 5.30. The molecule has 0 unspecified atom stereocenters. The molecule has 0 spiro atoms. The Kier molecular flexibility index (Phi) is 2.78. The van der Waals surface area contributed by atoms with Gasteiger partial charge in [0.1, 0.15) is 10.7 Å². The molecule has 0 aromatic carbocycles. The second-order valence-electron chi connectivity index (χ2n) is 3.22. The van der Waals surface area contributed by atoms with E-state index in [1.165, 1.54) is 12.8 Å². The SMILES string of the molecule is Brc1ccc(OC2CCCC2)nn1. The molecule has 13 heavy (non-hydrogen) atoms. The van der Waals surface area contributed by atoms with E-state index in [1.807, 2.05) is 12.1 Å². The molecule has 1 aliphatic rings. The van der Waals surface area contributed by atoms with E-state index in [2.05, 4.69) is 26.1 Å². The third-order valence-corrected chi connectivity index (χ3v) is 2.62. The van der Waals surface area contributed by atoms with Crippen molar-refractivity contribution in [2.75, 3.05) is 0 Å². The normalized spacial score (nSPS) is 17.6. The monoisotopic (exact) mass is 242 g/mol. The van der Waals surface area contributed by atoms with Crippen LogP contribution in [0.1, 0.15) is 25.7 Å². The Labute approximate surface area is 85.6 Å². The zero-order valence-electron chi connectivity index (χ0n) is 7.24. The lowest BCUT2D eigenvalue weighted by molar-refractivity contribution is 0.199. The molecule has 1 fully saturated rings. The Morgan fingerprint density at radius 2 is 2.00 bits per heavy atom. The van der Waals surface area contributed by atoms with Crippen LogP contribution in [0.15, 0.2) is 16.7 Å². The van der Waals surface area contributed by atoms with E-state index in [1.54, 1.807) is 0 Å². The molecule has 0 saturated heterocycles. The molecule has 0 amide bonds. The van der Waals surface area contributed by atoms with Crippen molar-refractivity contribution in [3.8, 4) is 5.88 Å². The molecule has 0 N–H and O–H groups in total. The first-order valence-electron chi connectivity index (χ1n) is 4.50. The van der Waals surface area contributed by atoms with Gasteiger partial charge in [-0.2, -0.15) is 0 Å². The summed E-state index contributed by atoms with van der Waals surface area (Å²) in [7, 11) is 0. The number of halogens is 1. The first-order chi connectivity index (χ1) is 6.34. The number of ether oxygens (including phenoxy) is 1. The van der Waals surface area contributed by atoms with Crippen molar-refractivity contribution >= 4 is 15.9 Å². The zero-order valence-corrected chi connectivity index (χ0v) is 8.83. The van der Waals surface area contributed by atoms with Crippen LogP contribution in [0.2, 0.25) is 0 Å². The molecule has 3 nitrogen and oxygen atoms in total. The molecule has 70 valence electrons. The lowest BCUT2D eigenvalue weighted by atomic mass is 10.3. The third-order valence-electron chi connectivity index (χ3n) is 2.20. The maximum atomic E-state index is 5.64. The summed E-state index contributed by atoms with van der Waals surface area (Å²) in [6.07, 6.45) is 5.20. The van der Waals surface area contributed by atoms with E-state index in [4.69, 9.17) is 4.74 Å². The van der Waals surface area contributed by atoms with Crippen LogP contribution in [0.25, 0.3) is 0 Å². The Morgan fingerprint density at radius 1 is 1.23 bits per heavy atom. The van der Waals surface area contributed by atoms with Gasteiger partial charge in [-0.1, -0.05) is 0 Å². The van der Waals surface area contributed by atoms with E-state index < -0.39 is 0 Å². The minimum Gasteiger partial charge on any atom is -0.473 e. The Morgan fingerprint density at radius 3 is 2.62 bits per heavy atom. The summed E-state index contributed by atoms with van der Waals surface area (Å²) in [6, 6.07) is 3.69. The average molecular weight is 243 g/mol. The van der Waals surface area contributed by atoms with E-state index in [9.17, 15) is 0 Å². The topological polar surface area (TPSA) is 35.0 Å². The Balaban J connectivity index is 1.97. The summed E-state index contributed by atoms with van der Waals surface area (Å²) in [4.78, 5) is 0. The van der Waals surface area contributed by atoms with Crippen molar-refractivity contribution in [2.24, 2.45) is 0 Å². The van der Waals surface area contributed by atoms with Crippen LogP contribution < -0.4 is 4.74 Å². The number of aromatic nitrogens is 2. The molecule has 1 saturated carbocycles. The smallest absolute Gasteiger partial charge is 0.233 e. The summed E-state index contributed by atoms with van der Waals surface area (Å²) in [5.41, 5.74) is 0. The standard InChI is InChI=1S/C9H11BrN2O/c10-8-5-6-9(12-11-8)13-7-3-1-2-4-7/h5-7H,1-4H2. The molecule has 0 atom stereocenters. The highest BCUT2D eigenvalue weighted by Gasteiger charge is 2.16. The maximum absolute atomic E-state index is 5.64.